The Hall–Kier alpha value is -3.70. The lowest BCUT2D eigenvalue weighted by atomic mass is 9.36. The number of hydrogen-bond acceptors (Lipinski definition) is 4. The second-order valence-electron chi connectivity index (χ2n) is 23.9. The molecule has 11 rings (SSSR count). The van der Waals surface area contributed by atoms with E-state index in [0.29, 0.717) is 18.1 Å². The van der Waals surface area contributed by atoms with Gasteiger partial charge in [0.2, 0.25) is 0 Å². The van der Waals surface area contributed by atoms with Crippen molar-refractivity contribution in [1.82, 2.24) is 0 Å². The molecule has 0 radical (unpaired) electrons. The van der Waals surface area contributed by atoms with E-state index in [1.807, 2.05) is 0 Å². The molecular formula is C57H72BN3S. The van der Waals surface area contributed by atoms with Crippen LogP contribution in [-0.4, -0.2) is 24.8 Å². The number of anilines is 6. The predicted octanol–water partition coefficient (Wildman–Crippen LogP) is 14.2. The normalized spacial score (nSPS) is 22.9. The van der Waals surface area contributed by atoms with Crippen molar-refractivity contribution in [3.63, 3.8) is 0 Å². The number of fused-ring (bicyclic) bond motifs is 8. The maximum Gasteiger partial charge on any atom is 0.264 e. The average molecular weight is 842 g/mol. The summed E-state index contributed by atoms with van der Waals surface area (Å²) in [4.78, 5) is 8.80. The minimum absolute atomic E-state index is 0.0514. The van der Waals surface area contributed by atoms with Crippen molar-refractivity contribution in [2.24, 2.45) is 11.8 Å². The van der Waals surface area contributed by atoms with Crippen molar-refractivity contribution in [1.29, 1.82) is 0 Å². The Kier molecular flexibility index (Phi) is 9.88. The van der Waals surface area contributed by atoms with Crippen molar-refractivity contribution >= 4 is 78.0 Å². The van der Waals surface area contributed by atoms with Crippen LogP contribution >= 0.6 is 11.3 Å². The molecule has 2 bridgehead atoms. The number of benzene rings is 4. The maximum absolute atomic E-state index is 3.04. The Morgan fingerprint density at radius 3 is 1.77 bits per heavy atom. The smallest absolute Gasteiger partial charge is 0.264 e. The zero-order chi connectivity index (χ0) is 42.9. The summed E-state index contributed by atoms with van der Waals surface area (Å²) in [6.45, 7) is 21.6. The molecule has 3 unspecified atom stereocenters. The zero-order valence-corrected chi connectivity index (χ0v) is 40.4. The minimum Gasteiger partial charge on any atom is -0.365 e. The molecule has 0 spiro atoms. The monoisotopic (exact) mass is 842 g/mol. The van der Waals surface area contributed by atoms with Crippen molar-refractivity contribution in [2.45, 2.75) is 187 Å². The molecule has 3 atom stereocenters. The Labute approximate surface area is 378 Å². The molecular weight excluding hydrogens is 770 g/mol. The van der Waals surface area contributed by atoms with E-state index in [1.165, 1.54) is 161 Å². The minimum atomic E-state index is 0.0514. The molecule has 4 aliphatic carbocycles. The molecule has 4 saturated carbocycles. The van der Waals surface area contributed by atoms with Gasteiger partial charge in [0, 0.05) is 61.4 Å². The van der Waals surface area contributed by atoms with Gasteiger partial charge in [-0.15, -0.1) is 11.3 Å². The van der Waals surface area contributed by atoms with Crippen LogP contribution in [0.4, 0.5) is 34.1 Å². The summed E-state index contributed by atoms with van der Waals surface area (Å²) in [5.74, 6) is 1.63. The second kappa shape index (κ2) is 14.9. The molecule has 0 amide bonds. The van der Waals surface area contributed by atoms with E-state index >= 15 is 0 Å². The Bertz CT molecular complexity index is 2480. The molecule has 5 heteroatoms. The lowest BCUT2D eigenvalue weighted by molar-refractivity contribution is 0.340. The van der Waals surface area contributed by atoms with Crippen LogP contribution in [0, 0.1) is 11.8 Å². The molecule has 5 aromatic rings. The van der Waals surface area contributed by atoms with Crippen molar-refractivity contribution < 1.29 is 0 Å². The average Bonchev–Trinajstić information content (AvgIpc) is 3.99. The van der Waals surface area contributed by atoms with E-state index in [9.17, 15) is 0 Å². The highest BCUT2D eigenvalue weighted by atomic mass is 32.1. The molecule has 4 aromatic carbocycles. The first kappa shape index (κ1) is 41.0. The summed E-state index contributed by atoms with van der Waals surface area (Å²) >= 11 is 2.07. The van der Waals surface area contributed by atoms with Gasteiger partial charge < -0.3 is 14.7 Å². The quantitative estimate of drug-likeness (QED) is 0.160. The first-order valence-corrected chi connectivity index (χ1v) is 25.8. The van der Waals surface area contributed by atoms with Gasteiger partial charge in [0.25, 0.3) is 6.71 Å². The van der Waals surface area contributed by atoms with E-state index < -0.39 is 0 Å². The molecule has 62 heavy (non-hydrogen) atoms. The van der Waals surface area contributed by atoms with Crippen molar-refractivity contribution in [2.75, 3.05) is 14.7 Å². The fraction of sp³-hybridized carbons (Fsp3) is 0.544. The van der Waals surface area contributed by atoms with Crippen LogP contribution in [0.25, 0.3) is 10.1 Å². The van der Waals surface area contributed by atoms with Crippen molar-refractivity contribution in [3.8, 4) is 0 Å². The maximum atomic E-state index is 3.04. The molecule has 4 fully saturated rings. The topological polar surface area (TPSA) is 9.72 Å². The third-order valence-corrected chi connectivity index (χ3v) is 17.9. The van der Waals surface area contributed by atoms with Gasteiger partial charge in [0.05, 0.1) is 5.69 Å². The fourth-order valence-corrected chi connectivity index (χ4v) is 14.6. The van der Waals surface area contributed by atoms with Gasteiger partial charge in [0.1, 0.15) is 0 Å². The van der Waals surface area contributed by atoms with E-state index in [2.05, 4.69) is 161 Å². The molecule has 1 aromatic heterocycles. The summed E-state index contributed by atoms with van der Waals surface area (Å²) < 4.78 is 2.92. The van der Waals surface area contributed by atoms with Crippen LogP contribution < -0.4 is 30.4 Å². The highest BCUT2D eigenvalue weighted by molar-refractivity contribution is 7.33. The Balaban J connectivity index is 1.24. The van der Waals surface area contributed by atoms with Crippen LogP contribution in [-0.2, 0) is 16.2 Å². The molecule has 324 valence electrons. The predicted molar refractivity (Wildman–Crippen MR) is 271 cm³/mol. The van der Waals surface area contributed by atoms with E-state index in [1.54, 1.807) is 5.46 Å². The van der Waals surface area contributed by atoms with E-state index in [4.69, 9.17) is 0 Å². The second-order valence-corrected chi connectivity index (χ2v) is 24.9. The van der Waals surface area contributed by atoms with Crippen LogP contribution in [0.15, 0.2) is 72.8 Å². The molecule has 6 aliphatic rings. The standard InChI is InChI=1S/C57H72BN3S/c1-55(2,3)38-22-26-43(27-23-38)60-49-34-44(59(41-16-12-10-13-17-41)42-18-14-11-15-19-42)35-50-52(49)58(54-53(60)45-32-39(56(4,5)6)25-29-51(45)62-54)46-33-40(57(7,8)9)24-28-47(46)61(50)48-31-36-20-21-37(48)30-36/h22-29,32-37,41-42,48H,10-21,30-31H2,1-9H3. The largest absolute Gasteiger partial charge is 0.365 e. The molecule has 2 aliphatic heterocycles. The van der Waals surface area contributed by atoms with Gasteiger partial charge in [0.15, 0.2) is 0 Å². The third kappa shape index (κ3) is 6.79. The lowest BCUT2D eigenvalue weighted by Gasteiger charge is -2.49. The van der Waals surface area contributed by atoms with Gasteiger partial charge >= 0.3 is 0 Å². The Morgan fingerprint density at radius 2 is 1.18 bits per heavy atom. The molecule has 0 saturated heterocycles. The number of rotatable bonds is 5. The first-order chi connectivity index (χ1) is 29.6. The summed E-state index contributed by atoms with van der Waals surface area (Å²) in [5, 5.41) is 1.41. The van der Waals surface area contributed by atoms with Gasteiger partial charge in [-0.3, -0.25) is 0 Å². The molecule has 3 nitrogen and oxygen atoms in total. The van der Waals surface area contributed by atoms with Crippen LogP contribution in [0.3, 0.4) is 0 Å². The third-order valence-electron chi connectivity index (χ3n) is 16.7. The number of nitrogens with zero attached hydrogens (tertiary/aromatic N) is 3. The lowest BCUT2D eigenvalue weighted by Crippen LogP contribution is -2.62. The Morgan fingerprint density at radius 1 is 0.581 bits per heavy atom. The van der Waals surface area contributed by atoms with Gasteiger partial charge in [-0.2, -0.15) is 0 Å². The highest BCUT2D eigenvalue weighted by Crippen LogP contribution is 2.54. The van der Waals surface area contributed by atoms with Gasteiger partial charge in [-0.05, 0) is 143 Å². The van der Waals surface area contributed by atoms with Crippen LogP contribution in [0.1, 0.15) is 169 Å². The van der Waals surface area contributed by atoms with Gasteiger partial charge in [-0.1, -0.05) is 138 Å². The van der Waals surface area contributed by atoms with E-state index in [0.717, 1.165) is 11.8 Å². The highest BCUT2D eigenvalue weighted by Gasteiger charge is 2.51. The summed E-state index contributed by atoms with van der Waals surface area (Å²) in [5.41, 5.74) is 16.2. The fourth-order valence-electron chi connectivity index (χ4n) is 13.3. The van der Waals surface area contributed by atoms with Crippen molar-refractivity contribution in [3.05, 3.63) is 89.5 Å². The zero-order valence-electron chi connectivity index (χ0n) is 39.5. The summed E-state index contributed by atoms with van der Waals surface area (Å²) in [6.07, 6.45) is 19.1. The number of hydrogen-bond donors (Lipinski definition) is 0. The van der Waals surface area contributed by atoms with Crippen LogP contribution in [0.5, 0.6) is 0 Å². The van der Waals surface area contributed by atoms with Gasteiger partial charge in [-0.25, -0.2) is 0 Å². The first-order valence-electron chi connectivity index (χ1n) is 25.0. The van der Waals surface area contributed by atoms with Crippen LogP contribution in [0.2, 0.25) is 0 Å². The summed E-state index contributed by atoms with van der Waals surface area (Å²) in [6, 6.07) is 32.3. The van der Waals surface area contributed by atoms with E-state index in [-0.39, 0.29) is 23.0 Å². The molecule has 3 heterocycles. The number of thiophene rings is 1. The SMILES string of the molecule is CC(C)(C)c1ccc(N2c3cc(N(C4CCCCC4)C4CCCCC4)cc4c3B(c3cc(C(C)(C)C)ccc3N4C3CC4CCC3C4)c3sc4ccc(C(C)(C)C)cc4c32)cc1. The summed E-state index contributed by atoms with van der Waals surface area (Å²) in [7, 11) is 0. The molecule has 0 N–H and O–H groups in total.